The number of nitrogens with zero attached hydrogens (tertiary/aromatic N) is 5. The van der Waals surface area contributed by atoms with Crippen LogP contribution in [0.3, 0.4) is 0 Å². The minimum absolute atomic E-state index is 0.267. The Bertz CT molecular complexity index is 1280. The molecule has 2 aromatic carbocycles. The molecule has 182 valence electrons. The zero-order chi connectivity index (χ0) is 24.8. The van der Waals surface area contributed by atoms with E-state index in [1.165, 1.54) is 7.11 Å². The van der Waals surface area contributed by atoms with E-state index in [1.807, 2.05) is 24.3 Å². The first-order valence-corrected chi connectivity index (χ1v) is 12.0. The minimum Gasteiger partial charge on any atom is -0.492 e. The topological polar surface area (TPSA) is 85.3 Å². The van der Waals surface area contributed by atoms with Crippen molar-refractivity contribution in [1.29, 1.82) is 0 Å². The van der Waals surface area contributed by atoms with Crippen molar-refractivity contribution in [3.05, 3.63) is 58.7 Å². The Kier molecular flexibility index (Phi) is 8.17. The maximum Gasteiger partial charge on any atom is 0.242 e. The molecular formula is C25H26Cl2N6O2. The Morgan fingerprint density at radius 1 is 0.943 bits per heavy atom. The summed E-state index contributed by atoms with van der Waals surface area (Å²) >= 11 is 12.7. The Morgan fingerprint density at radius 2 is 1.66 bits per heavy atom. The van der Waals surface area contributed by atoms with Gasteiger partial charge in [-0.15, -0.1) is 0 Å². The van der Waals surface area contributed by atoms with Gasteiger partial charge in [0.05, 0.1) is 23.4 Å². The van der Waals surface area contributed by atoms with Gasteiger partial charge in [0, 0.05) is 17.8 Å². The van der Waals surface area contributed by atoms with E-state index in [0.29, 0.717) is 45.0 Å². The van der Waals surface area contributed by atoms with Crippen LogP contribution < -0.4 is 14.8 Å². The Labute approximate surface area is 214 Å². The molecule has 0 spiro atoms. The quantitative estimate of drug-likeness (QED) is 0.282. The molecule has 0 aliphatic heterocycles. The molecule has 4 aromatic rings. The van der Waals surface area contributed by atoms with Crippen molar-refractivity contribution in [2.24, 2.45) is 0 Å². The zero-order valence-electron chi connectivity index (χ0n) is 19.8. The van der Waals surface area contributed by atoms with Gasteiger partial charge in [-0.05, 0) is 49.5 Å². The van der Waals surface area contributed by atoms with E-state index in [9.17, 15) is 0 Å². The molecular weight excluding hydrogens is 487 g/mol. The maximum atomic E-state index is 6.37. The molecule has 0 fully saturated rings. The summed E-state index contributed by atoms with van der Waals surface area (Å²) in [6, 6.07) is 12.9. The number of rotatable bonds is 10. The van der Waals surface area contributed by atoms with Crippen LogP contribution in [0, 0.1) is 0 Å². The SMILES string of the molecule is CCN(CC)CCOc1ccc(Nc2ncc3nc(-c4c(Cl)cccc4Cl)c(OC)nc3n2)cc1. The molecule has 0 amide bonds. The number of hydrogen-bond donors (Lipinski definition) is 1. The van der Waals surface area contributed by atoms with Gasteiger partial charge in [-0.1, -0.05) is 43.1 Å². The molecule has 0 unspecified atom stereocenters. The normalized spacial score (nSPS) is 11.1. The van der Waals surface area contributed by atoms with Crippen LogP contribution in [-0.2, 0) is 0 Å². The number of likely N-dealkylation sites (N-methyl/N-ethyl adjacent to an activating group) is 1. The standard InChI is InChI=1S/C25H26Cl2N6O2/c1-4-33(5-2)13-14-35-17-11-9-16(10-12-17)29-25-28-15-20-23(32-25)31-24(34-3)22(30-20)21-18(26)7-6-8-19(21)27/h6-12,15H,4-5,13-14H2,1-3H3,(H,28,29,31,32). The van der Waals surface area contributed by atoms with E-state index in [4.69, 9.17) is 32.7 Å². The Balaban J connectivity index is 1.51. The van der Waals surface area contributed by atoms with Crippen molar-refractivity contribution in [3.63, 3.8) is 0 Å². The van der Waals surface area contributed by atoms with E-state index >= 15 is 0 Å². The lowest BCUT2D eigenvalue weighted by molar-refractivity contribution is 0.223. The lowest BCUT2D eigenvalue weighted by atomic mass is 10.1. The molecule has 35 heavy (non-hydrogen) atoms. The van der Waals surface area contributed by atoms with E-state index < -0.39 is 0 Å². The second-order valence-corrected chi connectivity index (χ2v) is 8.42. The third-order valence-electron chi connectivity index (χ3n) is 5.47. The molecule has 0 bridgehead atoms. The maximum absolute atomic E-state index is 6.37. The zero-order valence-corrected chi connectivity index (χ0v) is 21.3. The second-order valence-electron chi connectivity index (χ2n) is 7.61. The van der Waals surface area contributed by atoms with Crippen LogP contribution in [0.5, 0.6) is 11.6 Å². The van der Waals surface area contributed by atoms with Crippen molar-refractivity contribution < 1.29 is 9.47 Å². The average Bonchev–Trinajstić information content (AvgIpc) is 2.87. The molecule has 0 saturated heterocycles. The van der Waals surface area contributed by atoms with E-state index in [2.05, 4.69) is 44.0 Å². The first-order chi connectivity index (χ1) is 17.0. The molecule has 8 nitrogen and oxygen atoms in total. The summed E-state index contributed by atoms with van der Waals surface area (Å²) in [4.78, 5) is 20.3. The molecule has 0 atom stereocenters. The van der Waals surface area contributed by atoms with Crippen molar-refractivity contribution in [2.75, 3.05) is 38.7 Å². The lowest BCUT2D eigenvalue weighted by Gasteiger charge is -2.18. The first kappa shape index (κ1) is 24.9. The van der Waals surface area contributed by atoms with Gasteiger partial charge >= 0.3 is 0 Å². The van der Waals surface area contributed by atoms with Crippen LogP contribution in [0.1, 0.15) is 13.8 Å². The van der Waals surface area contributed by atoms with Gasteiger partial charge in [0.2, 0.25) is 11.8 Å². The molecule has 2 heterocycles. The van der Waals surface area contributed by atoms with Crippen LogP contribution in [-0.4, -0.2) is 58.2 Å². The summed E-state index contributed by atoms with van der Waals surface area (Å²) in [5, 5.41) is 4.08. The molecule has 2 aromatic heterocycles. The van der Waals surface area contributed by atoms with Crippen LogP contribution in [0.2, 0.25) is 10.0 Å². The summed E-state index contributed by atoms with van der Waals surface area (Å²) in [7, 11) is 1.51. The smallest absolute Gasteiger partial charge is 0.242 e. The summed E-state index contributed by atoms with van der Waals surface area (Å²) in [5.74, 6) is 1.46. The average molecular weight is 513 g/mol. The van der Waals surface area contributed by atoms with Crippen LogP contribution in [0.4, 0.5) is 11.6 Å². The fourth-order valence-electron chi connectivity index (χ4n) is 3.53. The number of nitrogens with one attached hydrogen (secondary N) is 1. The molecule has 0 aliphatic carbocycles. The van der Waals surface area contributed by atoms with Crippen LogP contribution in [0.25, 0.3) is 22.4 Å². The molecule has 4 rings (SSSR count). The van der Waals surface area contributed by atoms with Gasteiger partial charge in [0.25, 0.3) is 0 Å². The monoisotopic (exact) mass is 512 g/mol. The fraction of sp³-hybridized carbons (Fsp3) is 0.280. The molecule has 10 heteroatoms. The molecule has 0 radical (unpaired) electrons. The number of ether oxygens (including phenoxy) is 2. The third-order valence-corrected chi connectivity index (χ3v) is 6.10. The van der Waals surface area contributed by atoms with Gasteiger partial charge in [-0.2, -0.15) is 9.97 Å². The summed E-state index contributed by atoms with van der Waals surface area (Å²) < 4.78 is 11.3. The fourth-order valence-corrected chi connectivity index (χ4v) is 4.11. The van der Waals surface area contributed by atoms with Crippen LogP contribution >= 0.6 is 23.2 Å². The predicted molar refractivity (Wildman–Crippen MR) is 140 cm³/mol. The summed E-state index contributed by atoms with van der Waals surface area (Å²) in [5.41, 5.74) is 2.65. The number of halogens is 2. The van der Waals surface area contributed by atoms with Gasteiger partial charge in [-0.25, -0.2) is 9.97 Å². The Hall–Kier alpha value is -3.20. The summed E-state index contributed by atoms with van der Waals surface area (Å²) in [6.07, 6.45) is 1.59. The molecule has 1 N–H and O–H groups in total. The van der Waals surface area contributed by atoms with Crippen molar-refractivity contribution in [2.45, 2.75) is 13.8 Å². The molecule has 0 saturated carbocycles. The van der Waals surface area contributed by atoms with E-state index in [0.717, 1.165) is 31.1 Å². The summed E-state index contributed by atoms with van der Waals surface area (Å²) in [6.45, 7) is 7.86. The minimum atomic E-state index is 0.267. The van der Waals surface area contributed by atoms with Crippen molar-refractivity contribution in [1.82, 2.24) is 24.8 Å². The van der Waals surface area contributed by atoms with E-state index in [1.54, 1.807) is 24.4 Å². The highest BCUT2D eigenvalue weighted by Gasteiger charge is 2.18. The highest BCUT2D eigenvalue weighted by molar-refractivity contribution is 6.39. The molecule has 0 aliphatic rings. The van der Waals surface area contributed by atoms with Crippen LogP contribution in [0.15, 0.2) is 48.7 Å². The number of aromatic nitrogens is 4. The largest absolute Gasteiger partial charge is 0.492 e. The second kappa shape index (κ2) is 11.5. The highest BCUT2D eigenvalue weighted by Crippen LogP contribution is 2.38. The van der Waals surface area contributed by atoms with Gasteiger partial charge in [0.15, 0.2) is 5.65 Å². The number of fused-ring (bicyclic) bond motifs is 1. The van der Waals surface area contributed by atoms with Crippen molar-refractivity contribution in [3.8, 4) is 22.9 Å². The van der Waals surface area contributed by atoms with Gasteiger partial charge < -0.3 is 19.7 Å². The van der Waals surface area contributed by atoms with Gasteiger partial charge in [-0.3, -0.25) is 0 Å². The van der Waals surface area contributed by atoms with E-state index in [-0.39, 0.29) is 5.88 Å². The number of hydrogen-bond acceptors (Lipinski definition) is 8. The first-order valence-electron chi connectivity index (χ1n) is 11.3. The number of methoxy groups -OCH3 is 1. The lowest BCUT2D eigenvalue weighted by Crippen LogP contribution is -2.27. The highest BCUT2D eigenvalue weighted by atomic mass is 35.5. The van der Waals surface area contributed by atoms with Gasteiger partial charge in [0.1, 0.15) is 23.6 Å². The number of anilines is 2. The third kappa shape index (κ3) is 5.90. The number of benzene rings is 2. The Morgan fingerprint density at radius 3 is 2.31 bits per heavy atom. The predicted octanol–water partition coefficient (Wildman–Crippen LogP) is 5.87. The van der Waals surface area contributed by atoms with Crippen molar-refractivity contribution >= 4 is 46.0 Å².